The van der Waals surface area contributed by atoms with Crippen LogP contribution in [0.15, 0.2) is 109 Å². The van der Waals surface area contributed by atoms with Gasteiger partial charge < -0.3 is 14.2 Å². The second kappa shape index (κ2) is 49.9. The topological polar surface area (TPSA) is 61.8 Å². The summed E-state index contributed by atoms with van der Waals surface area (Å²) in [6.07, 6.45) is 68.1. The first-order valence-electron chi connectivity index (χ1n) is 24.4. The first-order chi connectivity index (χ1) is 29.6. The van der Waals surface area contributed by atoms with Gasteiger partial charge in [0.15, 0.2) is 6.10 Å². The van der Waals surface area contributed by atoms with E-state index in [0.717, 1.165) is 128 Å². The average molecular weight is 831 g/mol. The zero-order valence-electron chi connectivity index (χ0n) is 38.9. The van der Waals surface area contributed by atoms with Gasteiger partial charge in [0.05, 0.1) is 6.61 Å². The molecule has 0 rings (SSSR count). The van der Waals surface area contributed by atoms with Crippen LogP contribution in [0.5, 0.6) is 0 Å². The first-order valence-corrected chi connectivity index (χ1v) is 24.4. The number of carbonyl (C=O) groups excluding carboxylic acids is 2. The summed E-state index contributed by atoms with van der Waals surface area (Å²) in [6, 6.07) is 0. The van der Waals surface area contributed by atoms with Gasteiger partial charge >= 0.3 is 11.9 Å². The van der Waals surface area contributed by atoms with Gasteiger partial charge in [-0.25, -0.2) is 0 Å². The lowest BCUT2D eigenvalue weighted by Crippen LogP contribution is -2.30. The minimum atomic E-state index is -0.580. The molecule has 0 amide bonds. The highest BCUT2D eigenvalue weighted by molar-refractivity contribution is 5.70. The molecule has 340 valence electrons. The molecule has 0 aliphatic carbocycles. The van der Waals surface area contributed by atoms with Crippen LogP contribution in [0, 0.1) is 0 Å². The Balaban J connectivity index is 4.42. The first kappa shape index (κ1) is 56.6. The fourth-order valence-electron chi connectivity index (χ4n) is 6.19. The van der Waals surface area contributed by atoms with Crippen molar-refractivity contribution in [3.63, 3.8) is 0 Å². The molecule has 5 nitrogen and oxygen atoms in total. The molecule has 0 radical (unpaired) electrons. The molecule has 0 aliphatic rings. The molecule has 0 saturated heterocycles. The van der Waals surface area contributed by atoms with Crippen LogP contribution in [-0.2, 0) is 23.8 Å². The van der Waals surface area contributed by atoms with E-state index in [1.165, 1.54) is 38.5 Å². The van der Waals surface area contributed by atoms with Gasteiger partial charge in [-0.3, -0.25) is 9.59 Å². The second-order valence-electron chi connectivity index (χ2n) is 15.6. The molecule has 0 spiro atoms. The summed E-state index contributed by atoms with van der Waals surface area (Å²) in [7, 11) is 0. The van der Waals surface area contributed by atoms with Gasteiger partial charge in [0.2, 0.25) is 0 Å². The smallest absolute Gasteiger partial charge is 0.306 e. The molecular formula is C55H90O5. The lowest BCUT2D eigenvalue weighted by molar-refractivity contribution is -0.163. The number of allylic oxidation sites excluding steroid dienone is 18. The largest absolute Gasteiger partial charge is 0.462 e. The molecular weight excluding hydrogens is 741 g/mol. The fourth-order valence-corrected chi connectivity index (χ4v) is 6.19. The monoisotopic (exact) mass is 831 g/mol. The molecule has 0 aromatic heterocycles. The predicted molar refractivity (Wildman–Crippen MR) is 260 cm³/mol. The Bertz CT molecular complexity index is 1210. The molecule has 0 aromatic rings. The van der Waals surface area contributed by atoms with Gasteiger partial charge in [-0.15, -0.1) is 0 Å². The van der Waals surface area contributed by atoms with Gasteiger partial charge in [-0.05, 0) is 122 Å². The van der Waals surface area contributed by atoms with Crippen molar-refractivity contribution in [3.05, 3.63) is 109 Å². The van der Waals surface area contributed by atoms with Gasteiger partial charge in [0.1, 0.15) is 6.61 Å². The van der Waals surface area contributed by atoms with E-state index >= 15 is 0 Å². The summed E-state index contributed by atoms with van der Waals surface area (Å²) in [6.45, 7) is 7.44. The molecule has 60 heavy (non-hydrogen) atoms. The minimum Gasteiger partial charge on any atom is -0.462 e. The molecule has 1 atom stereocenters. The number of hydrogen-bond donors (Lipinski definition) is 0. The van der Waals surface area contributed by atoms with Gasteiger partial charge in [-0.1, -0.05) is 175 Å². The molecule has 1 unspecified atom stereocenters. The van der Waals surface area contributed by atoms with E-state index in [-0.39, 0.29) is 25.2 Å². The zero-order chi connectivity index (χ0) is 43.5. The molecule has 0 aromatic carbocycles. The molecule has 0 saturated carbocycles. The van der Waals surface area contributed by atoms with Crippen molar-refractivity contribution in [2.45, 2.75) is 207 Å². The molecule has 0 N–H and O–H groups in total. The standard InChI is InChI=1S/C55H90O5/c1-4-7-10-13-16-19-22-25-27-29-32-35-38-41-44-47-50-58-51-53(60-55(57)49-46-43-40-37-34-30-24-21-18-15-12-9-6-3)52-59-54(56)48-45-42-39-36-33-31-28-26-23-20-17-14-11-8-5-2/h7,9-10,12,16-21,25-28,30,32,34-35,53H,4-6,8,11,13-15,22-24,29,31,33,36-52H2,1-3H3/b10-7-,12-9-,19-16-,20-17-,21-18-,27-25-,28-26-,34-30-,35-32-. The summed E-state index contributed by atoms with van der Waals surface area (Å²) in [5, 5.41) is 0. The Labute approximate surface area is 370 Å². The highest BCUT2D eigenvalue weighted by Gasteiger charge is 2.17. The van der Waals surface area contributed by atoms with Crippen molar-refractivity contribution in [3.8, 4) is 0 Å². The van der Waals surface area contributed by atoms with Crippen LogP contribution in [0.2, 0.25) is 0 Å². The Kier molecular flexibility index (Phi) is 47.1. The molecule has 0 bridgehead atoms. The molecule has 0 heterocycles. The maximum Gasteiger partial charge on any atom is 0.306 e. The van der Waals surface area contributed by atoms with Crippen molar-refractivity contribution in [2.24, 2.45) is 0 Å². The van der Waals surface area contributed by atoms with Crippen molar-refractivity contribution >= 4 is 11.9 Å². The van der Waals surface area contributed by atoms with Crippen LogP contribution < -0.4 is 0 Å². The maximum absolute atomic E-state index is 12.8. The van der Waals surface area contributed by atoms with Crippen molar-refractivity contribution < 1.29 is 23.8 Å². The number of ether oxygens (including phenoxy) is 3. The zero-order valence-corrected chi connectivity index (χ0v) is 38.9. The summed E-state index contributed by atoms with van der Waals surface area (Å²) in [5.41, 5.74) is 0. The Morgan fingerprint density at radius 1 is 0.383 bits per heavy atom. The fraction of sp³-hybridized carbons (Fsp3) is 0.636. The van der Waals surface area contributed by atoms with Crippen LogP contribution in [0.4, 0.5) is 0 Å². The van der Waals surface area contributed by atoms with Gasteiger partial charge in [0.25, 0.3) is 0 Å². The summed E-state index contributed by atoms with van der Waals surface area (Å²) < 4.78 is 17.3. The molecule has 0 aliphatic heterocycles. The van der Waals surface area contributed by atoms with E-state index in [2.05, 4.69) is 130 Å². The van der Waals surface area contributed by atoms with E-state index in [1.807, 2.05) is 0 Å². The summed E-state index contributed by atoms with van der Waals surface area (Å²) >= 11 is 0. The quantitative estimate of drug-likeness (QED) is 0.0348. The number of carbonyl (C=O) groups is 2. The van der Waals surface area contributed by atoms with E-state index in [9.17, 15) is 9.59 Å². The third-order valence-corrected chi connectivity index (χ3v) is 9.77. The van der Waals surface area contributed by atoms with E-state index < -0.39 is 6.10 Å². The predicted octanol–water partition coefficient (Wildman–Crippen LogP) is 16.4. The maximum atomic E-state index is 12.8. The van der Waals surface area contributed by atoms with Gasteiger partial charge in [0, 0.05) is 19.4 Å². The highest BCUT2D eigenvalue weighted by atomic mass is 16.6. The number of hydrogen-bond acceptors (Lipinski definition) is 5. The van der Waals surface area contributed by atoms with Crippen LogP contribution in [-0.4, -0.2) is 37.9 Å². The van der Waals surface area contributed by atoms with Crippen LogP contribution in [0.25, 0.3) is 0 Å². The average Bonchev–Trinajstić information content (AvgIpc) is 3.25. The lowest BCUT2D eigenvalue weighted by atomic mass is 10.1. The summed E-state index contributed by atoms with van der Waals surface area (Å²) in [4.78, 5) is 25.3. The molecule has 0 fully saturated rings. The lowest BCUT2D eigenvalue weighted by Gasteiger charge is -2.18. The normalized spacial score (nSPS) is 13.2. The van der Waals surface area contributed by atoms with Crippen LogP contribution >= 0.6 is 0 Å². The van der Waals surface area contributed by atoms with E-state index in [1.54, 1.807) is 0 Å². The van der Waals surface area contributed by atoms with Crippen LogP contribution in [0.3, 0.4) is 0 Å². The Morgan fingerprint density at radius 2 is 0.750 bits per heavy atom. The highest BCUT2D eigenvalue weighted by Crippen LogP contribution is 2.11. The SMILES string of the molecule is CC/C=C\C/C=C\C/C=C\C/C=C\CCCCCOCC(COC(=O)CCCCCCC/C=C\C/C=C\CCCCC)OC(=O)CCCCC/C=C\C/C=C\C/C=C\CC. The number of rotatable bonds is 43. The minimum absolute atomic E-state index is 0.0464. The Morgan fingerprint density at radius 3 is 1.22 bits per heavy atom. The second-order valence-corrected chi connectivity index (χ2v) is 15.6. The van der Waals surface area contributed by atoms with Crippen molar-refractivity contribution in [1.82, 2.24) is 0 Å². The van der Waals surface area contributed by atoms with E-state index in [0.29, 0.717) is 19.4 Å². The van der Waals surface area contributed by atoms with Gasteiger partial charge in [-0.2, -0.15) is 0 Å². The molecule has 5 heteroatoms. The number of unbranched alkanes of at least 4 members (excludes halogenated alkanes) is 14. The van der Waals surface area contributed by atoms with Crippen molar-refractivity contribution in [2.75, 3.05) is 19.8 Å². The van der Waals surface area contributed by atoms with Crippen LogP contribution in [0.1, 0.15) is 201 Å². The van der Waals surface area contributed by atoms with E-state index in [4.69, 9.17) is 14.2 Å². The third kappa shape index (κ3) is 47.2. The number of esters is 2. The summed E-state index contributed by atoms with van der Waals surface area (Å²) in [5.74, 6) is -0.474. The van der Waals surface area contributed by atoms with Crippen molar-refractivity contribution in [1.29, 1.82) is 0 Å². The Hall–Kier alpha value is -3.44. The third-order valence-electron chi connectivity index (χ3n) is 9.77.